The van der Waals surface area contributed by atoms with Crippen molar-refractivity contribution in [3.05, 3.63) is 11.7 Å². The van der Waals surface area contributed by atoms with E-state index in [4.69, 9.17) is 9.26 Å². The van der Waals surface area contributed by atoms with Crippen LogP contribution in [0.3, 0.4) is 0 Å². The normalized spacial score (nSPS) is 17.1. The Labute approximate surface area is 119 Å². The van der Waals surface area contributed by atoms with Gasteiger partial charge in [-0.3, -0.25) is 0 Å². The molecule has 0 saturated heterocycles. The quantitative estimate of drug-likeness (QED) is 0.917. The van der Waals surface area contributed by atoms with Crippen LogP contribution in [0.15, 0.2) is 4.52 Å². The Morgan fingerprint density at radius 2 is 2.05 bits per heavy atom. The maximum atomic E-state index is 11.9. The second-order valence-corrected chi connectivity index (χ2v) is 6.61. The van der Waals surface area contributed by atoms with E-state index >= 15 is 0 Å². The molecule has 112 valence electrons. The highest BCUT2D eigenvalue weighted by Gasteiger charge is 2.37. The van der Waals surface area contributed by atoms with Crippen LogP contribution in [0.2, 0.25) is 0 Å². The van der Waals surface area contributed by atoms with E-state index in [2.05, 4.69) is 15.5 Å². The average Bonchev–Trinajstić information content (AvgIpc) is 3.00. The summed E-state index contributed by atoms with van der Waals surface area (Å²) in [5, 5.41) is 6.85. The molecule has 1 aliphatic rings. The topological polar surface area (TPSA) is 77.2 Å². The first-order valence-corrected chi connectivity index (χ1v) is 7.09. The molecule has 6 heteroatoms. The molecule has 1 N–H and O–H groups in total. The number of carbonyl (C=O) groups excluding carboxylic acids is 1. The Morgan fingerprint density at radius 3 is 2.50 bits per heavy atom. The summed E-state index contributed by atoms with van der Waals surface area (Å²) in [6.45, 7) is 9.49. The third-order valence-electron chi connectivity index (χ3n) is 3.00. The molecule has 1 heterocycles. The summed E-state index contributed by atoms with van der Waals surface area (Å²) >= 11 is 0. The smallest absolute Gasteiger partial charge is 0.408 e. The Hall–Kier alpha value is -1.59. The van der Waals surface area contributed by atoms with Crippen molar-refractivity contribution in [3.8, 4) is 0 Å². The summed E-state index contributed by atoms with van der Waals surface area (Å²) < 4.78 is 10.5. The summed E-state index contributed by atoms with van der Waals surface area (Å²) in [5.41, 5.74) is -0.515. The highest BCUT2D eigenvalue weighted by atomic mass is 16.6. The molecule has 0 aliphatic heterocycles. The molecule has 6 nitrogen and oxygen atoms in total. The van der Waals surface area contributed by atoms with Crippen LogP contribution in [-0.2, 0) is 4.74 Å². The Bertz CT molecular complexity index is 472. The monoisotopic (exact) mass is 281 g/mol. The molecule has 2 rings (SSSR count). The van der Waals surface area contributed by atoms with Gasteiger partial charge in [-0.25, -0.2) is 4.79 Å². The molecule has 1 amide bonds. The van der Waals surface area contributed by atoms with E-state index in [9.17, 15) is 4.79 Å². The van der Waals surface area contributed by atoms with E-state index in [0.717, 1.165) is 12.8 Å². The first kappa shape index (κ1) is 14.8. The number of aromatic nitrogens is 2. The number of alkyl carbamates (subject to hydrolysis) is 1. The fraction of sp³-hybridized carbons (Fsp3) is 0.786. The third kappa shape index (κ3) is 3.95. The molecule has 0 aromatic carbocycles. The molecule has 20 heavy (non-hydrogen) atoms. The molecule has 0 bridgehead atoms. The highest BCUT2D eigenvalue weighted by molar-refractivity contribution is 5.68. The summed E-state index contributed by atoms with van der Waals surface area (Å²) in [5.74, 6) is 1.69. The molecule has 1 aromatic rings. The maximum absolute atomic E-state index is 11.9. The first-order valence-electron chi connectivity index (χ1n) is 7.09. The van der Waals surface area contributed by atoms with Gasteiger partial charge in [0.25, 0.3) is 0 Å². The number of carbonyl (C=O) groups is 1. The van der Waals surface area contributed by atoms with Gasteiger partial charge in [-0.2, -0.15) is 4.98 Å². The van der Waals surface area contributed by atoms with Crippen molar-refractivity contribution in [2.24, 2.45) is 5.92 Å². The number of amides is 1. The van der Waals surface area contributed by atoms with Gasteiger partial charge in [-0.15, -0.1) is 0 Å². The van der Waals surface area contributed by atoms with Crippen LogP contribution in [0.1, 0.15) is 71.1 Å². The molecular weight excluding hydrogens is 258 g/mol. The predicted molar refractivity (Wildman–Crippen MR) is 73.2 cm³/mol. The van der Waals surface area contributed by atoms with Gasteiger partial charge in [0.05, 0.1) is 6.04 Å². The fourth-order valence-electron chi connectivity index (χ4n) is 1.87. The van der Waals surface area contributed by atoms with Crippen molar-refractivity contribution < 1.29 is 14.1 Å². The van der Waals surface area contributed by atoms with Gasteiger partial charge in [-0.1, -0.05) is 19.0 Å². The van der Waals surface area contributed by atoms with Crippen LogP contribution < -0.4 is 5.32 Å². The molecule has 1 aromatic heterocycles. The number of hydrogen-bond donors (Lipinski definition) is 1. The summed E-state index contributed by atoms with van der Waals surface area (Å²) in [7, 11) is 0. The maximum Gasteiger partial charge on any atom is 0.408 e. The molecule has 1 aliphatic carbocycles. The SMILES string of the molecule is CC(C)c1nc(C(NC(=O)OC(C)(C)C)C2CC2)no1. The van der Waals surface area contributed by atoms with E-state index in [1.54, 1.807) is 0 Å². The van der Waals surface area contributed by atoms with Crippen molar-refractivity contribution >= 4 is 6.09 Å². The van der Waals surface area contributed by atoms with E-state index in [0.29, 0.717) is 17.6 Å². The van der Waals surface area contributed by atoms with E-state index in [1.807, 2.05) is 34.6 Å². The van der Waals surface area contributed by atoms with Crippen molar-refractivity contribution in [2.75, 3.05) is 0 Å². The van der Waals surface area contributed by atoms with E-state index in [-0.39, 0.29) is 12.0 Å². The minimum Gasteiger partial charge on any atom is -0.444 e. The lowest BCUT2D eigenvalue weighted by Gasteiger charge is -2.22. The summed E-state index contributed by atoms with van der Waals surface area (Å²) in [6.07, 6.45) is 1.68. The fourth-order valence-corrected chi connectivity index (χ4v) is 1.87. The van der Waals surface area contributed by atoms with Gasteiger partial charge < -0.3 is 14.6 Å². The van der Waals surface area contributed by atoms with Crippen molar-refractivity contribution in [2.45, 2.75) is 65.0 Å². The van der Waals surface area contributed by atoms with Crippen molar-refractivity contribution in [3.63, 3.8) is 0 Å². The zero-order valence-electron chi connectivity index (χ0n) is 12.8. The second kappa shape index (κ2) is 5.42. The molecule has 0 radical (unpaired) electrons. The minimum atomic E-state index is -0.515. The van der Waals surface area contributed by atoms with Gasteiger partial charge in [-0.05, 0) is 39.5 Å². The number of rotatable bonds is 4. The zero-order valence-corrected chi connectivity index (χ0v) is 12.8. The van der Waals surface area contributed by atoms with Gasteiger partial charge in [0, 0.05) is 5.92 Å². The van der Waals surface area contributed by atoms with Crippen LogP contribution in [0.25, 0.3) is 0 Å². The number of nitrogens with one attached hydrogen (secondary N) is 1. The van der Waals surface area contributed by atoms with Gasteiger partial charge >= 0.3 is 6.09 Å². The lowest BCUT2D eigenvalue weighted by molar-refractivity contribution is 0.0494. The lowest BCUT2D eigenvalue weighted by Crippen LogP contribution is -2.36. The first-order chi connectivity index (χ1) is 9.26. The number of ether oxygens (including phenoxy) is 1. The largest absolute Gasteiger partial charge is 0.444 e. The van der Waals surface area contributed by atoms with Crippen LogP contribution in [-0.4, -0.2) is 21.8 Å². The predicted octanol–water partition coefficient (Wildman–Crippen LogP) is 3.17. The summed E-state index contributed by atoms with van der Waals surface area (Å²) in [6, 6.07) is -0.221. The average molecular weight is 281 g/mol. The minimum absolute atomic E-state index is 0.178. The molecule has 0 spiro atoms. The third-order valence-corrected chi connectivity index (χ3v) is 3.00. The standard InChI is InChI=1S/C14H23N3O3/c1-8(2)12-16-11(17-20-12)10(9-6-7-9)15-13(18)19-14(3,4)5/h8-10H,6-7H2,1-5H3,(H,15,18). The van der Waals surface area contributed by atoms with Gasteiger partial charge in [0.15, 0.2) is 5.82 Å². The van der Waals surface area contributed by atoms with E-state index in [1.165, 1.54) is 0 Å². The summed E-state index contributed by atoms with van der Waals surface area (Å²) in [4.78, 5) is 16.3. The molecular formula is C14H23N3O3. The number of hydrogen-bond acceptors (Lipinski definition) is 5. The Morgan fingerprint density at radius 1 is 1.40 bits per heavy atom. The van der Waals surface area contributed by atoms with Crippen LogP contribution in [0, 0.1) is 5.92 Å². The lowest BCUT2D eigenvalue weighted by atomic mass is 10.1. The molecule has 1 saturated carbocycles. The van der Waals surface area contributed by atoms with E-state index < -0.39 is 11.7 Å². The Kier molecular flexibility index (Phi) is 4.01. The second-order valence-electron chi connectivity index (χ2n) is 6.61. The van der Waals surface area contributed by atoms with Crippen molar-refractivity contribution in [1.82, 2.24) is 15.5 Å². The van der Waals surface area contributed by atoms with Crippen molar-refractivity contribution in [1.29, 1.82) is 0 Å². The van der Waals surface area contributed by atoms with Gasteiger partial charge in [0.2, 0.25) is 5.89 Å². The Balaban J connectivity index is 2.05. The van der Waals surface area contributed by atoms with Crippen LogP contribution in [0.5, 0.6) is 0 Å². The molecule has 1 unspecified atom stereocenters. The zero-order chi connectivity index (χ0) is 14.9. The highest BCUT2D eigenvalue weighted by Crippen LogP contribution is 2.40. The molecule has 1 fully saturated rings. The van der Waals surface area contributed by atoms with Crippen LogP contribution >= 0.6 is 0 Å². The molecule has 1 atom stereocenters. The number of nitrogens with zero attached hydrogens (tertiary/aromatic N) is 2. The van der Waals surface area contributed by atoms with Gasteiger partial charge in [0.1, 0.15) is 5.60 Å². The van der Waals surface area contributed by atoms with Crippen LogP contribution in [0.4, 0.5) is 4.79 Å².